The Labute approximate surface area is 186 Å². The van der Waals surface area contributed by atoms with E-state index in [1.54, 1.807) is 17.5 Å². The molecule has 11 heteroatoms. The topological polar surface area (TPSA) is 105 Å². The van der Waals surface area contributed by atoms with Gasteiger partial charge in [-0.1, -0.05) is 6.07 Å². The minimum Gasteiger partial charge on any atom is -0.432 e. The summed E-state index contributed by atoms with van der Waals surface area (Å²) < 4.78 is 11.5. The number of furan rings is 1. The third-order valence-electron chi connectivity index (χ3n) is 4.99. The molecule has 2 N–H and O–H groups in total. The second kappa shape index (κ2) is 8.14. The highest BCUT2D eigenvalue weighted by molar-refractivity contribution is 7.13. The van der Waals surface area contributed by atoms with Gasteiger partial charge in [0.05, 0.1) is 29.2 Å². The average molecular weight is 456 g/mol. The van der Waals surface area contributed by atoms with Crippen LogP contribution >= 0.6 is 23.7 Å². The van der Waals surface area contributed by atoms with Crippen LogP contribution in [0.25, 0.3) is 32.8 Å². The van der Waals surface area contributed by atoms with E-state index in [2.05, 4.69) is 25.4 Å². The van der Waals surface area contributed by atoms with Crippen molar-refractivity contribution < 1.29 is 9.15 Å². The molecule has 0 radical (unpaired) electrons. The Hall–Kier alpha value is -3.21. The van der Waals surface area contributed by atoms with Crippen molar-refractivity contribution in [2.24, 2.45) is 0 Å². The smallest absolute Gasteiger partial charge is 0.231 e. The van der Waals surface area contributed by atoms with Crippen molar-refractivity contribution in [2.45, 2.75) is 0 Å². The van der Waals surface area contributed by atoms with Crippen molar-refractivity contribution in [1.29, 1.82) is 0 Å². The van der Waals surface area contributed by atoms with E-state index in [1.807, 2.05) is 35.7 Å². The second-order valence-electron chi connectivity index (χ2n) is 6.88. The number of aromatic amines is 1. The number of pyridine rings is 1. The number of H-pyrrole nitrogens is 1. The Morgan fingerprint density at radius 3 is 2.87 bits per heavy atom. The van der Waals surface area contributed by atoms with Crippen LogP contribution in [0.5, 0.6) is 0 Å². The van der Waals surface area contributed by atoms with E-state index in [9.17, 15) is 0 Å². The number of thiophene rings is 1. The van der Waals surface area contributed by atoms with Crippen molar-refractivity contribution in [2.75, 3.05) is 36.5 Å². The number of hydrogen-bond acceptors (Lipinski definition) is 9. The molecule has 0 atom stereocenters. The molecule has 0 unspecified atom stereocenters. The third kappa shape index (κ3) is 3.58. The quantitative estimate of drug-likeness (QED) is 0.415. The number of fused-ring (bicyclic) bond motifs is 3. The molecule has 9 nitrogen and oxygen atoms in total. The molecule has 0 aliphatic carbocycles. The van der Waals surface area contributed by atoms with Crippen molar-refractivity contribution in [3.05, 3.63) is 41.9 Å². The molecule has 0 spiro atoms. The van der Waals surface area contributed by atoms with Crippen LogP contribution < -0.4 is 10.2 Å². The van der Waals surface area contributed by atoms with Crippen molar-refractivity contribution >= 4 is 63.5 Å². The van der Waals surface area contributed by atoms with Gasteiger partial charge in [0, 0.05) is 25.4 Å². The van der Waals surface area contributed by atoms with Crippen LogP contribution in [-0.4, -0.2) is 51.5 Å². The molecule has 5 aromatic heterocycles. The number of morpholine rings is 1. The normalized spacial score (nSPS) is 14.1. The van der Waals surface area contributed by atoms with E-state index >= 15 is 0 Å². The van der Waals surface area contributed by atoms with Gasteiger partial charge in [0.15, 0.2) is 17.2 Å². The Morgan fingerprint density at radius 1 is 1.13 bits per heavy atom. The summed E-state index contributed by atoms with van der Waals surface area (Å²) in [6.07, 6.45) is 1.71. The number of rotatable bonds is 4. The van der Waals surface area contributed by atoms with E-state index in [1.165, 1.54) is 0 Å². The second-order valence-corrected chi connectivity index (χ2v) is 7.82. The van der Waals surface area contributed by atoms with Crippen molar-refractivity contribution in [3.8, 4) is 10.6 Å². The summed E-state index contributed by atoms with van der Waals surface area (Å²) in [5.41, 5.74) is 2.86. The van der Waals surface area contributed by atoms with E-state index in [0.717, 1.165) is 40.4 Å². The first-order valence-corrected chi connectivity index (χ1v) is 10.5. The number of anilines is 3. The Kier molecular flexibility index (Phi) is 5.18. The molecular formula is C20H18ClN7O2S. The SMILES string of the molecule is Cl.c1csc(-c2cc(Nc3nc(N4CCOCC4)c4oc5ncccc5c4n3)n[nH]2)c1. The molecule has 31 heavy (non-hydrogen) atoms. The fourth-order valence-electron chi connectivity index (χ4n) is 3.57. The minimum atomic E-state index is 0. The van der Waals surface area contributed by atoms with Crippen LogP contribution in [0.2, 0.25) is 0 Å². The molecule has 1 fully saturated rings. The fourth-order valence-corrected chi connectivity index (χ4v) is 4.26. The van der Waals surface area contributed by atoms with Gasteiger partial charge in [-0.3, -0.25) is 5.10 Å². The molecule has 158 valence electrons. The Balaban J connectivity index is 0.00000204. The molecule has 0 bridgehead atoms. The molecule has 1 aliphatic heterocycles. The predicted molar refractivity (Wildman–Crippen MR) is 123 cm³/mol. The monoisotopic (exact) mass is 455 g/mol. The number of aromatic nitrogens is 5. The molecule has 5 aromatic rings. The minimum absolute atomic E-state index is 0. The summed E-state index contributed by atoms with van der Waals surface area (Å²) in [6, 6.07) is 9.84. The van der Waals surface area contributed by atoms with Gasteiger partial charge in [-0.05, 0) is 23.6 Å². The lowest BCUT2D eigenvalue weighted by Crippen LogP contribution is -2.37. The van der Waals surface area contributed by atoms with Gasteiger partial charge >= 0.3 is 0 Å². The molecule has 1 saturated heterocycles. The molecule has 0 amide bonds. The van der Waals surface area contributed by atoms with Crippen molar-refractivity contribution in [3.63, 3.8) is 0 Å². The standard InChI is InChI=1S/C20H17N7O2S.ClH/c1-3-12-16-17(29-19(12)21-5-1)18(27-6-8-28-9-7-27)24-20(23-16)22-15-11-13(25-26-15)14-4-2-10-30-14;/h1-5,10-11H,6-9H2,(H2,22,23,24,25,26);1H. The van der Waals surface area contributed by atoms with Gasteiger partial charge in [-0.25, -0.2) is 9.97 Å². The number of nitrogens with zero attached hydrogens (tertiary/aromatic N) is 5. The molecule has 1 aliphatic rings. The summed E-state index contributed by atoms with van der Waals surface area (Å²) in [5.74, 6) is 1.84. The summed E-state index contributed by atoms with van der Waals surface area (Å²) in [5, 5.41) is 13.5. The maximum Gasteiger partial charge on any atom is 0.231 e. The van der Waals surface area contributed by atoms with Gasteiger partial charge in [0.25, 0.3) is 0 Å². The van der Waals surface area contributed by atoms with E-state index in [-0.39, 0.29) is 12.4 Å². The third-order valence-corrected chi connectivity index (χ3v) is 5.89. The highest BCUT2D eigenvalue weighted by atomic mass is 35.5. The first kappa shape index (κ1) is 19.7. The fraction of sp³-hybridized carbons (Fsp3) is 0.200. The van der Waals surface area contributed by atoms with Crippen LogP contribution in [0.15, 0.2) is 46.3 Å². The highest BCUT2D eigenvalue weighted by Gasteiger charge is 2.22. The molecule has 6 rings (SSSR count). The Morgan fingerprint density at radius 2 is 2.03 bits per heavy atom. The van der Waals surface area contributed by atoms with Gasteiger partial charge in [-0.2, -0.15) is 10.1 Å². The van der Waals surface area contributed by atoms with Crippen LogP contribution in [0.1, 0.15) is 0 Å². The lowest BCUT2D eigenvalue weighted by molar-refractivity contribution is 0.122. The van der Waals surface area contributed by atoms with Crippen LogP contribution in [0.3, 0.4) is 0 Å². The van der Waals surface area contributed by atoms with Crippen LogP contribution in [-0.2, 0) is 4.74 Å². The van der Waals surface area contributed by atoms with Crippen molar-refractivity contribution in [1.82, 2.24) is 25.1 Å². The first-order chi connectivity index (χ1) is 14.8. The summed E-state index contributed by atoms with van der Waals surface area (Å²) in [7, 11) is 0. The van der Waals surface area contributed by atoms with Crippen LogP contribution in [0, 0.1) is 0 Å². The highest BCUT2D eigenvalue weighted by Crippen LogP contribution is 2.34. The van der Waals surface area contributed by atoms with Gasteiger partial charge in [-0.15, -0.1) is 23.7 Å². The number of ether oxygens (including phenoxy) is 1. The van der Waals surface area contributed by atoms with Crippen LogP contribution in [0.4, 0.5) is 17.6 Å². The first-order valence-electron chi connectivity index (χ1n) is 9.59. The zero-order chi connectivity index (χ0) is 19.9. The summed E-state index contributed by atoms with van der Waals surface area (Å²) in [6.45, 7) is 2.77. The lowest BCUT2D eigenvalue weighted by atomic mass is 10.3. The summed E-state index contributed by atoms with van der Waals surface area (Å²) in [4.78, 5) is 17.1. The zero-order valence-electron chi connectivity index (χ0n) is 16.2. The largest absolute Gasteiger partial charge is 0.432 e. The number of hydrogen-bond donors (Lipinski definition) is 2. The molecule has 6 heterocycles. The zero-order valence-corrected chi connectivity index (χ0v) is 17.9. The van der Waals surface area contributed by atoms with E-state index < -0.39 is 0 Å². The molecule has 0 saturated carbocycles. The maximum atomic E-state index is 6.03. The van der Waals surface area contributed by atoms with Gasteiger partial charge in [0.2, 0.25) is 11.7 Å². The molecule has 0 aromatic carbocycles. The molecular weight excluding hydrogens is 438 g/mol. The van der Waals surface area contributed by atoms with Gasteiger partial charge in [0.1, 0.15) is 5.52 Å². The predicted octanol–water partition coefficient (Wildman–Crippen LogP) is 4.22. The maximum absolute atomic E-state index is 6.03. The van der Waals surface area contributed by atoms with E-state index in [4.69, 9.17) is 19.1 Å². The summed E-state index contributed by atoms with van der Waals surface area (Å²) >= 11 is 1.65. The average Bonchev–Trinajstić information content (AvgIpc) is 3.54. The number of nitrogens with one attached hydrogen (secondary N) is 2. The van der Waals surface area contributed by atoms with E-state index in [0.29, 0.717) is 36.3 Å². The van der Waals surface area contributed by atoms with Gasteiger partial charge < -0.3 is 19.4 Å². The Bertz CT molecular complexity index is 1330. The number of halogens is 1. The lowest BCUT2D eigenvalue weighted by Gasteiger charge is -2.27.